The number of hydrogen-bond donors (Lipinski definition) is 2. The van der Waals surface area contributed by atoms with Gasteiger partial charge in [0.15, 0.2) is 5.76 Å². The van der Waals surface area contributed by atoms with E-state index in [1.807, 2.05) is 0 Å². The number of esters is 1. The van der Waals surface area contributed by atoms with Gasteiger partial charge < -0.3 is 25.4 Å². The van der Waals surface area contributed by atoms with Crippen molar-refractivity contribution in [1.82, 2.24) is 9.97 Å². The van der Waals surface area contributed by atoms with Crippen LogP contribution in [0.5, 0.6) is 5.75 Å². The van der Waals surface area contributed by atoms with Gasteiger partial charge in [0.2, 0.25) is 11.7 Å². The summed E-state index contributed by atoms with van der Waals surface area (Å²) in [5, 5.41) is 0.286. The Morgan fingerprint density at radius 1 is 1.21 bits per heavy atom. The Bertz CT molecular complexity index is 903. The zero-order valence-electron chi connectivity index (χ0n) is 13.2. The van der Waals surface area contributed by atoms with Crippen LogP contribution < -0.4 is 16.2 Å². The maximum absolute atomic E-state index is 12.4. The quantitative estimate of drug-likeness (QED) is 0.698. The van der Waals surface area contributed by atoms with E-state index in [0.29, 0.717) is 11.3 Å². The Kier molecular flexibility index (Phi) is 3.95. The van der Waals surface area contributed by atoms with E-state index in [0.717, 1.165) is 0 Å². The molecule has 24 heavy (non-hydrogen) atoms. The molecule has 3 aromatic rings. The summed E-state index contributed by atoms with van der Waals surface area (Å²) in [7, 11) is 1.57. The lowest BCUT2D eigenvalue weighted by atomic mass is 10.1. The summed E-state index contributed by atoms with van der Waals surface area (Å²) in [4.78, 5) is 20.3. The highest BCUT2D eigenvalue weighted by Gasteiger charge is 2.26. The molecule has 1 aromatic carbocycles. The molecule has 4 N–H and O–H groups in total. The molecule has 0 aliphatic heterocycles. The SMILES string of the molecule is CCOC(=O)c1c(-c2ccc(OC)cc2)oc2nc(N)nc(N)c12. The first kappa shape index (κ1) is 15.6. The molecule has 0 atom stereocenters. The van der Waals surface area contributed by atoms with Gasteiger partial charge in [0, 0.05) is 5.56 Å². The summed E-state index contributed by atoms with van der Waals surface area (Å²) in [6.45, 7) is 1.92. The van der Waals surface area contributed by atoms with Gasteiger partial charge in [0.1, 0.15) is 17.1 Å². The average Bonchev–Trinajstić information content (AvgIpc) is 2.94. The number of anilines is 2. The van der Waals surface area contributed by atoms with Crippen molar-refractivity contribution in [2.45, 2.75) is 6.92 Å². The second kappa shape index (κ2) is 6.07. The fourth-order valence-corrected chi connectivity index (χ4v) is 2.39. The molecule has 124 valence electrons. The summed E-state index contributed by atoms with van der Waals surface area (Å²) >= 11 is 0. The topological polar surface area (TPSA) is 126 Å². The van der Waals surface area contributed by atoms with E-state index in [9.17, 15) is 4.79 Å². The third-order valence-electron chi connectivity index (χ3n) is 3.43. The Balaban J connectivity index is 2.27. The number of nitrogen functional groups attached to an aromatic ring is 2. The van der Waals surface area contributed by atoms with E-state index in [2.05, 4.69) is 9.97 Å². The number of carbonyl (C=O) groups is 1. The number of rotatable bonds is 4. The molecule has 2 heterocycles. The molecule has 0 saturated carbocycles. The summed E-state index contributed by atoms with van der Waals surface area (Å²) in [6, 6.07) is 7.01. The molecule has 0 bridgehead atoms. The zero-order chi connectivity index (χ0) is 17.3. The van der Waals surface area contributed by atoms with Crippen molar-refractivity contribution in [3.8, 4) is 17.1 Å². The molecule has 0 amide bonds. The second-order valence-corrected chi connectivity index (χ2v) is 4.90. The van der Waals surface area contributed by atoms with Crippen molar-refractivity contribution in [1.29, 1.82) is 0 Å². The second-order valence-electron chi connectivity index (χ2n) is 4.90. The van der Waals surface area contributed by atoms with E-state index in [1.165, 1.54) is 0 Å². The maximum Gasteiger partial charge on any atom is 0.342 e. The molecule has 8 heteroatoms. The van der Waals surface area contributed by atoms with E-state index in [1.54, 1.807) is 38.3 Å². The minimum Gasteiger partial charge on any atom is -0.497 e. The number of ether oxygens (including phenoxy) is 2. The summed E-state index contributed by atoms with van der Waals surface area (Å²) < 4.78 is 16.0. The molecule has 0 aliphatic carbocycles. The highest BCUT2D eigenvalue weighted by Crippen LogP contribution is 2.36. The number of furan rings is 1. The molecule has 0 unspecified atom stereocenters. The van der Waals surface area contributed by atoms with Crippen LogP contribution in [-0.2, 0) is 4.74 Å². The maximum atomic E-state index is 12.4. The monoisotopic (exact) mass is 328 g/mol. The third kappa shape index (κ3) is 2.58. The van der Waals surface area contributed by atoms with Gasteiger partial charge in [0.25, 0.3) is 0 Å². The highest BCUT2D eigenvalue weighted by atomic mass is 16.5. The number of methoxy groups -OCH3 is 1. The van der Waals surface area contributed by atoms with E-state index in [-0.39, 0.29) is 40.8 Å². The van der Waals surface area contributed by atoms with Gasteiger partial charge in [-0.3, -0.25) is 0 Å². The normalized spacial score (nSPS) is 10.8. The number of hydrogen-bond acceptors (Lipinski definition) is 8. The van der Waals surface area contributed by atoms with Gasteiger partial charge in [-0.25, -0.2) is 4.79 Å². The lowest BCUT2D eigenvalue weighted by Gasteiger charge is -2.05. The van der Waals surface area contributed by atoms with Crippen LogP contribution in [0.4, 0.5) is 11.8 Å². The van der Waals surface area contributed by atoms with Crippen molar-refractivity contribution in [2.24, 2.45) is 0 Å². The zero-order valence-corrected chi connectivity index (χ0v) is 13.2. The van der Waals surface area contributed by atoms with Crippen LogP contribution in [-0.4, -0.2) is 29.7 Å². The smallest absolute Gasteiger partial charge is 0.342 e. The fourth-order valence-electron chi connectivity index (χ4n) is 2.39. The molecule has 8 nitrogen and oxygen atoms in total. The van der Waals surface area contributed by atoms with Crippen LogP contribution >= 0.6 is 0 Å². The molecule has 0 saturated heterocycles. The van der Waals surface area contributed by atoms with Crippen molar-refractivity contribution in [2.75, 3.05) is 25.2 Å². The number of fused-ring (bicyclic) bond motifs is 1. The number of carbonyl (C=O) groups excluding carboxylic acids is 1. The highest BCUT2D eigenvalue weighted by molar-refractivity contribution is 6.11. The average molecular weight is 328 g/mol. The minimum absolute atomic E-state index is 0.0366. The van der Waals surface area contributed by atoms with Crippen molar-refractivity contribution >= 4 is 28.8 Å². The van der Waals surface area contributed by atoms with Gasteiger partial charge in [0.05, 0.1) is 19.1 Å². The predicted octanol–water partition coefficient (Wildman–Crippen LogP) is 2.24. The predicted molar refractivity (Wildman–Crippen MR) is 88.6 cm³/mol. The van der Waals surface area contributed by atoms with Crippen molar-refractivity contribution in [3.63, 3.8) is 0 Å². The summed E-state index contributed by atoms with van der Waals surface area (Å²) in [5.74, 6) is 0.422. The first-order valence-corrected chi connectivity index (χ1v) is 7.22. The van der Waals surface area contributed by atoms with Gasteiger partial charge in [-0.15, -0.1) is 0 Å². The Hall–Kier alpha value is -3.29. The molecule has 0 spiro atoms. The molecule has 0 radical (unpaired) electrons. The molecule has 3 rings (SSSR count). The number of nitrogens with zero attached hydrogens (tertiary/aromatic N) is 2. The van der Waals surface area contributed by atoms with Gasteiger partial charge in [-0.1, -0.05) is 0 Å². The van der Waals surface area contributed by atoms with Crippen molar-refractivity contribution in [3.05, 3.63) is 29.8 Å². The Morgan fingerprint density at radius 2 is 1.92 bits per heavy atom. The lowest BCUT2D eigenvalue weighted by Crippen LogP contribution is -2.07. The third-order valence-corrected chi connectivity index (χ3v) is 3.43. The fraction of sp³-hybridized carbons (Fsp3) is 0.188. The number of aromatic nitrogens is 2. The van der Waals surface area contributed by atoms with Crippen LogP contribution in [0.25, 0.3) is 22.4 Å². The number of nitrogens with two attached hydrogens (primary N) is 2. The van der Waals surface area contributed by atoms with E-state index >= 15 is 0 Å². The first-order valence-electron chi connectivity index (χ1n) is 7.22. The molecule has 2 aromatic heterocycles. The van der Waals surface area contributed by atoms with Gasteiger partial charge in [-0.2, -0.15) is 9.97 Å². The van der Waals surface area contributed by atoms with Crippen LogP contribution in [0.3, 0.4) is 0 Å². The Labute approximate surface area is 137 Å². The molecule has 0 fully saturated rings. The largest absolute Gasteiger partial charge is 0.497 e. The summed E-state index contributed by atoms with van der Waals surface area (Å²) in [5.41, 5.74) is 12.5. The number of benzene rings is 1. The van der Waals surface area contributed by atoms with Gasteiger partial charge in [-0.05, 0) is 31.2 Å². The van der Waals surface area contributed by atoms with Gasteiger partial charge >= 0.3 is 5.97 Å². The first-order chi connectivity index (χ1) is 11.5. The lowest BCUT2D eigenvalue weighted by molar-refractivity contribution is 0.0528. The van der Waals surface area contributed by atoms with Crippen LogP contribution in [0.15, 0.2) is 28.7 Å². The molecular formula is C16H16N4O4. The standard InChI is InChI=1S/C16H16N4O4/c1-3-23-15(21)10-11-13(17)19-16(18)20-14(11)24-12(10)8-4-6-9(22-2)7-5-8/h4-7H,3H2,1-2H3,(H4,17,18,19,20). The van der Waals surface area contributed by atoms with Crippen LogP contribution in [0, 0.1) is 0 Å². The van der Waals surface area contributed by atoms with E-state index in [4.69, 9.17) is 25.4 Å². The Morgan fingerprint density at radius 3 is 2.54 bits per heavy atom. The summed E-state index contributed by atoms with van der Waals surface area (Å²) in [6.07, 6.45) is 0. The van der Waals surface area contributed by atoms with Crippen LogP contribution in [0.2, 0.25) is 0 Å². The molecular weight excluding hydrogens is 312 g/mol. The molecule has 0 aliphatic rings. The van der Waals surface area contributed by atoms with E-state index < -0.39 is 5.97 Å². The minimum atomic E-state index is -0.567. The van der Waals surface area contributed by atoms with Crippen molar-refractivity contribution < 1.29 is 18.7 Å². The van der Waals surface area contributed by atoms with Crippen LogP contribution in [0.1, 0.15) is 17.3 Å².